The Morgan fingerprint density at radius 3 is 2.17 bits per heavy atom. The van der Waals surface area contributed by atoms with Crippen molar-refractivity contribution in [2.24, 2.45) is 0 Å². The van der Waals surface area contributed by atoms with Crippen molar-refractivity contribution in [3.63, 3.8) is 0 Å². The van der Waals surface area contributed by atoms with Crippen molar-refractivity contribution in [1.82, 2.24) is 10.2 Å². The van der Waals surface area contributed by atoms with E-state index in [1.165, 1.54) is 9.21 Å². The lowest BCUT2D eigenvalue weighted by molar-refractivity contribution is -0.140. The Morgan fingerprint density at radius 1 is 0.851 bits per heavy atom. The Bertz CT molecular complexity index is 1780. The molecule has 2 amide bonds. The molecule has 0 unspecified atom stereocenters. The summed E-state index contributed by atoms with van der Waals surface area (Å²) in [6.07, 6.45) is 0.954. The summed E-state index contributed by atoms with van der Waals surface area (Å²) in [5.41, 5.74) is 4.57. The van der Waals surface area contributed by atoms with E-state index in [4.69, 9.17) is 4.74 Å². The standard InChI is InChI=1S/C38H45N3O5S/c1-7-29(4)39-38(43)36(24-31-14-9-8-10-15-31)40(25-32-16-12-17-33(23-32)46-6)37(42)26-41(35-18-11-13-28(3)30(35)5)47(44,45)34-21-19-27(2)20-22-34/h8-23,29,36H,7,24-26H2,1-6H3,(H,39,43)/t29-,36+/m0/s1. The van der Waals surface area contributed by atoms with Gasteiger partial charge in [0.25, 0.3) is 10.0 Å². The molecule has 0 spiro atoms. The molecule has 0 fully saturated rings. The second-order valence-electron chi connectivity index (χ2n) is 11.9. The van der Waals surface area contributed by atoms with Crippen LogP contribution in [0, 0.1) is 20.8 Å². The molecule has 0 heterocycles. The number of nitrogens with one attached hydrogen (secondary N) is 1. The summed E-state index contributed by atoms with van der Waals surface area (Å²) in [6.45, 7) is 9.09. The first-order valence-electron chi connectivity index (χ1n) is 15.9. The number of aryl methyl sites for hydroxylation is 2. The van der Waals surface area contributed by atoms with Crippen LogP contribution in [0.25, 0.3) is 0 Å². The largest absolute Gasteiger partial charge is 0.497 e. The molecule has 4 aromatic rings. The van der Waals surface area contributed by atoms with E-state index in [0.29, 0.717) is 17.9 Å². The molecule has 2 atom stereocenters. The van der Waals surface area contributed by atoms with Gasteiger partial charge in [0.05, 0.1) is 17.7 Å². The molecule has 0 aliphatic heterocycles. The van der Waals surface area contributed by atoms with E-state index in [-0.39, 0.29) is 29.8 Å². The van der Waals surface area contributed by atoms with Gasteiger partial charge in [0.2, 0.25) is 11.8 Å². The van der Waals surface area contributed by atoms with Gasteiger partial charge < -0.3 is 15.0 Å². The summed E-state index contributed by atoms with van der Waals surface area (Å²) in [5.74, 6) is -0.207. The van der Waals surface area contributed by atoms with E-state index in [2.05, 4.69) is 5.32 Å². The van der Waals surface area contributed by atoms with Crippen LogP contribution in [0.4, 0.5) is 5.69 Å². The van der Waals surface area contributed by atoms with Crippen molar-refractivity contribution in [3.8, 4) is 5.75 Å². The highest BCUT2D eigenvalue weighted by Crippen LogP contribution is 2.30. The van der Waals surface area contributed by atoms with Crippen LogP contribution in [0.2, 0.25) is 0 Å². The number of anilines is 1. The van der Waals surface area contributed by atoms with Gasteiger partial charge in [-0.3, -0.25) is 13.9 Å². The third kappa shape index (κ3) is 8.80. The molecule has 4 rings (SSSR count). The van der Waals surface area contributed by atoms with Gasteiger partial charge in [0.1, 0.15) is 18.3 Å². The first kappa shape index (κ1) is 35.2. The average Bonchev–Trinajstić information content (AvgIpc) is 3.07. The number of hydrogen-bond acceptors (Lipinski definition) is 5. The van der Waals surface area contributed by atoms with Crippen LogP contribution in [-0.4, -0.2) is 50.9 Å². The van der Waals surface area contributed by atoms with Crippen molar-refractivity contribution >= 4 is 27.5 Å². The molecule has 0 saturated heterocycles. The van der Waals surface area contributed by atoms with E-state index in [1.54, 1.807) is 43.5 Å². The zero-order valence-corrected chi connectivity index (χ0v) is 28.9. The van der Waals surface area contributed by atoms with Gasteiger partial charge in [0.15, 0.2) is 0 Å². The topological polar surface area (TPSA) is 96.0 Å². The predicted octanol–water partition coefficient (Wildman–Crippen LogP) is 6.37. The van der Waals surface area contributed by atoms with E-state index >= 15 is 0 Å². The Kier molecular flexibility index (Phi) is 11.8. The molecule has 0 radical (unpaired) electrons. The van der Waals surface area contributed by atoms with Crippen molar-refractivity contribution in [2.75, 3.05) is 18.0 Å². The molecule has 8 nitrogen and oxygen atoms in total. The number of amides is 2. The zero-order valence-electron chi connectivity index (χ0n) is 28.1. The van der Waals surface area contributed by atoms with Crippen LogP contribution >= 0.6 is 0 Å². The SMILES string of the molecule is CC[C@H](C)NC(=O)[C@@H](Cc1ccccc1)N(Cc1cccc(OC)c1)C(=O)CN(c1cccc(C)c1C)S(=O)(=O)c1ccc(C)cc1. The van der Waals surface area contributed by atoms with Gasteiger partial charge in [-0.1, -0.05) is 79.2 Å². The summed E-state index contributed by atoms with van der Waals surface area (Å²) in [7, 11) is -2.62. The number of ether oxygens (including phenoxy) is 1. The predicted molar refractivity (Wildman–Crippen MR) is 187 cm³/mol. The maximum atomic E-state index is 14.7. The molecule has 0 aromatic heterocycles. The van der Waals surface area contributed by atoms with Gasteiger partial charge in [0, 0.05) is 19.0 Å². The second kappa shape index (κ2) is 15.8. The van der Waals surface area contributed by atoms with Gasteiger partial charge >= 0.3 is 0 Å². The number of carbonyl (C=O) groups excluding carboxylic acids is 2. The minimum atomic E-state index is -4.18. The summed E-state index contributed by atoms with van der Waals surface area (Å²) in [6, 6.07) is 27.8. The summed E-state index contributed by atoms with van der Waals surface area (Å²) in [5, 5.41) is 3.07. The van der Waals surface area contributed by atoms with E-state index in [1.807, 2.05) is 95.3 Å². The van der Waals surface area contributed by atoms with Crippen molar-refractivity contribution < 1.29 is 22.7 Å². The molecular formula is C38H45N3O5S. The lowest BCUT2D eigenvalue weighted by Crippen LogP contribution is -2.54. The number of nitrogens with zero attached hydrogens (tertiary/aromatic N) is 2. The highest BCUT2D eigenvalue weighted by atomic mass is 32.2. The van der Waals surface area contributed by atoms with Gasteiger partial charge in [-0.2, -0.15) is 0 Å². The van der Waals surface area contributed by atoms with E-state index < -0.39 is 28.5 Å². The molecule has 47 heavy (non-hydrogen) atoms. The Labute approximate surface area is 279 Å². The van der Waals surface area contributed by atoms with Crippen LogP contribution in [0.15, 0.2) is 102 Å². The lowest BCUT2D eigenvalue weighted by atomic mass is 10.0. The molecule has 0 bridgehead atoms. The number of sulfonamides is 1. The molecule has 248 valence electrons. The van der Waals surface area contributed by atoms with Crippen LogP contribution in [-0.2, 0) is 32.6 Å². The number of benzene rings is 4. The minimum Gasteiger partial charge on any atom is -0.497 e. The van der Waals surface area contributed by atoms with E-state index in [9.17, 15) is 18.0 Å². The summed E-state index contributed by atoms with van der Waals surface area (Å²) >= 11 is 0. The van der Waals surface area contributed by atoms with Crippen LogP contribution < -0.4 is 14.4 Å². The minimum absolute atomic E-state index is 0.0622. The van der Waals surface area contributed by atoms with Crippen LogP contribution in [0.5, 0.6) is 5.75 Å². The van der Waals surface area contributed by atoms with Crippen LogP contribution in [0.1, 0.15) is 48.1 Å². The van der Waals surface area contributed by atoms with Crippen molar-refractivity contribution in [1.29, 1.82) is 0 Å². The molecule has 0 saturated carbocycles. The highest BCUT2D eigenvalue weighted by molar-refractivity contribution is 7.92. The first-order valence-corrected chi connectivity index (χ1v) is 17.3. The molecule has 1 N–H and O–H groups in total. The number of hydrogen-bond donors (Lipinski definition) is 1. The number of rotatable bonds is 14. The van der Waals surface area contributed by atoms with Crippen molar-refractivity contribution in [2.45, 2.75) is 71.0 Å². The maximum Gasteiger partial charge on any atom is 0.264 e. The maximum absolute atomic E-state index is 14.7. The molecular weight excluding hydrogens is 611 g/mol. The van der Waals surface area contributed by atoms with Crippen molar-refractivity contribution in [3.05, 3.63) is 125 Å². The summed E-state index contributed by atoms with van der Waals surface area (Å²) < 4.78 is 35.3. The molecule has 4 aromatic carbocycles. The van der Waals surface area contributed by atoms with Gasteiger partial charge in [-0.05, 0) is 86.7 Å². The smallest absolute Gasteiger partial charge is 0.264 e. The normalized spacial score (nSPS) is 12.6. The second-order valence-corrected chi connectivity index (χ2v) is 13.8. The average molecular weight is 656 g/mol. The van der Waals surface area contributed by atoms with E-state index in [0.717, 1.165) is 27.8 Å². The third-order valence-corrected chi connectivity index (χ3v) is 10.3. The fourth-order valence-corrected chi connectivity index (χ4v) is 6.79. The van der Waals surface area contributed by atoms with Gasteiger partial charge in [-0.25, -0.2) is 8.42 Å². The molecule has 9 heteroatoms. The third-order valence-electron chi connectivity index (χ3n) is 8.49. The highest BCUT2D eigenvalue weighted by Gasteiger charge is 2.35. The lowest BCUT2D eigenvalue weighted by Gasteiger charge is -2.34. The number of methoxy groups -OCH3 is 1. The fourth-order valence-electron chi connectivity index (χ4n) is 5.32. The molecule has 0 aliphatic carbocycles. The first-order chi connectivity index (χ1) is 22.4. The molecule has 0 aliphatic rings. The fraction of sp³-hybridized carbons (Fsp3) is 0.316. The Morgan fingerprint density at radius 2 is 1.51 bits per heavy atom. The van der Waals surface area contributed by atoms with Gasteiger partial charge in [-0.15, -0.1) is 0 Å². The quantitative estimate of drug-likeness (QED) is 0.170. The monoisotopic (exact) mass is 655 g/mol. The summed E-state index contributed by atoms with van der Waals surface area (Å²) in [4.78, 5) is 30.3. The number of carbonyl (C=O) groups is 2. The van der Waals surface area contributed by atoms with Crippen LogP contribution in [0.3, 0.4) is 0 Å². The Hall–Kier alpha value is -4.63. The zero-order chi connectivity index (χ0) is 34.1. The Balaban J connectivity index is 1.85.